The van der Waals surface area contributed by atoms with Crippen LogP contribution < -0.4 is 16.6 Å². The number of hydrogen-bond donors (Lipinski definition) is 3. The molecule has 0 saturated heterocycles. The Kier molecular flexibility index (Phi) is 10.3. The number of carbonyl (C=O) groups excluding carboxylic acids is 3. The summed E-state index contributed by atoms with van der Waals surface area (Å²) in [5.74, 6) is -2.58. The molecule has 1 aromatic rings. The molecule has 1 aromatic carbocycles. The molecule has 0 bridgehead atoms. The van der Waals surface area contributed by atoms with Gasteiger partial charge in [0.05, 0.1) is 18.4 Å². The van der Waals surface area contributed by atoms with Gasteiger partial charge in [-0.3, -0.25) is 25.2 Å². The molecule has 30 heavy (non-hydrogen) atoms. The number of allylic oxidation sites excluding steroid dienone is 1. The Labute approximate surface area is 179 Å². The maximum Gasteiger partial charge on any atom is 0.310 e. The van der Waals surface area contributed by atoms with Crippen LogP contribution in [0.15, 0.2) is 36.4 Å². The van der Waals surface area contributed by atoms with Crippen molar-refractivity contribution in [3.8, 4) is 0 Å². The maximum atomic E-state index is 13.0. The van der Waals surface area contributed by atoms with Crippen LogP contribution >= 0.6 is 0 Å². The van der Waals surface area contributed by atoms with Gasteiger partial charge < -0.3 is 10.5 Å². The molecule has 2 amide bonds. The molecule has 0 aliphatic rings. The first-order valence-electron chi connectivity index (χ1n) is 10.3. The fourth-order valence-electron chi connectivity index (χ4n) is 2.95. The standard InChI is InChI=1S/C23H35N3O4/c1-16(2)14-19(21(28)26-25-20(27)15-24)18(22(29)30-23(3,4)5)13-9-12-17-10-7-6-8-11-17/h6-12,16,18-19H,13-15,24H2,1-5H3,(H,25,27)(H,26,28)/b12-9+/t18-,19+/m0/s1. The number of hydrazine groups is 1. The Hall–Kier alpha value is -2.67. The van der Waals surface area contributed by atoms with Crippen LogP contribution in [0.5, 0.6) is 0 Å². The molecular weight excluding hydrogens is 382 g/mol. The summed E-state index contributed by atoms with van der Waals surface area (Å²) in [6.07, 6.45) is 4.59. The highest BCUT2D eigenvalue weighted by molar-refractivity contribution is 5.88. The number of hydrogen-bond acceptors (Lipinski definition) is 5. The lowest BCUT2D eigenvalue weighted by molar-refractivity contribution is -0.164. The summed E-state index contributed by atoms with van der Waals surface area (Å²) >= 11 is 0. The highest BCUT2D eigenvalue weighted by atomic mass is 16.6. The second-order valence-corrected chi connectivity index (χ2v) is 8.67. The van der Waals surface area contributed by atoms with Gasteiger partial charge in [-0.15, -0.1) is 0 Å². The van der Waals surface area contributed by atoms with Gasteiger partial charge >= 0.3 is 5.97 Å². The smallest absolute Gasteiger partial charge is 0.310 e. The van der Waals surface area contributed by atoms with E-state index in [4.69, 9.17) is 10.5 Å². The number of nitrogens with one attached hydrogen (secondary N) is 2. The van der Waals surface area contributed by atoms with Crippen LogP contribution in [0.4, 0.5) is 0 Å². The molecule has 4 N–H and O–H groups in total. The fraction of sp³-hybridized carbons (Fsp3) is 0.522. The highest BCUT2D eigenvalue weighted by Crippen LogP contribution is 2.28. The van der Waals surface area contributed by atoms with Gasteiger partial charge in [0, 0.05) is 0 Å². The summed E-state index contributed by atoms with van der Waals surface area (Å²) in [7, 11) is 0. The lowest BCUT2D eigenvalue weighted by Gasteiger charge is -2.29. The zero-order valence-corrected chi connectivity index (χ0v) is 18.6. The molecule has 0 spiro atoms. The predicted octanol–water partition coefficient (Wildman–Crippen LogP) is 2.82. The lowest BCUT2D eigenvalue weighted by atomic mass is 9.82. The SMILES string of the molecule is CC(C)C[C@@H](C(=O)NNC(=O)CN)[C@H](C/C=C/c1ccccc1)C(=O)OC(C)(C)C. The Morgan fingerprint density at radius 3 is 2.23 bits per heavy atom. The molecule has 166 valence electrons. The largest absolute Gasteiger partial charge is 0.460 e. The van der Waals surface area contributed by atoms with Crippen molar-refractivity contribution in [1.29, 1.82) is 0 Å². The molecule has 2 atom stereocenters. The normalized spacial score (nSPS) is 13.7. The molecule has 0 aliphatic heterocycles. The summed E-state index contributed by atoms with van der Waals surface area (Å²) in [4.78, 5) is 37.3. The topological polar surface area (TPSA) is 111 Å². The average molecular weight is 418 g/mol. The number of ether oxygens (including phenoxy) is 1. The number of rotatable bonds is 9. The van der Waals surface area contributed by atoms with E-state index in [-0.39, 0.29) is 12.5 Å². The van der Waals surface area contributed by atoms with Crippen LogP contribution in [0.2, 0.25) is 0 Å². The first-order valence-corrected chi connectivity index (χ1v) is 10.3. The average Bonchev–Trinajstić information content (AvgIpc) is 2.66. The van der Waals surface area contributed by atoms with E-state index in [1.165, 1.54) is 0 Å². The van der Waals surface area contributed by atoms with Crippen molar-refractivity contribution >= 4 is 23.9 Å². The van der Waals surface area contributed by atoms with Crippen molar-refractivity contribution in [3.63, 3.8) is 0 Å². The van der Waals surface area contributed by atoms with Crippen molar-refractivity contribution in [3.05, 3.63) is 42.0 Å². The van der Waals surface area contributed by atoms with E-state index in [1.807, 2.05) is 56.3 Å². The van der Waals surface area contributed by atoms with Crippen LogP contribution in [-0.2, 0) is 19.1 Å². The molecule has 1 rings (SSSR count). The Morgan fingerprint density at radius 2 is 1.70 bits per heavy atom. The Balaban J connectivity index is 3.09. The zero-order valence-electron chi connectivity index (χ0n) is 18.6. The van der Waals surface area contributed by atoms with E-state index >= 15 is 0 Å². The van der Waals surface area contributed by atoms with Gasteiger partial charge in [-0.25, -0.2) is 0 Å². The van der Waals surface area contributed by atoms with E-state index in [1.54, 1.807) is 20.8 Å². The second kappa shape index (κ2) is 12.1. The third-order valence-corrected chi connectivity index (χ3v) is 4.27. The van der Waals surface area contributed by atoms with Crippen molar-refractivity contribution in [2.24, 2.45) is 23.5 Å². The highest BCUT2D eigenvalue weighted by Gasteiger charge is 2.36. The van der Waals surface area contributed by atoms with Crippen LogP contribution in [0.1, 0.15) is 53.0 Å². The number of nitrogens with two attached hydrogens (primary N) is 1. The number of carbonyl (C=O) groups is 3. The third kappa shape index (κ3) is 9.69. The monoisotopic (exact) mass is 417 g/mol. The number of benzene rings is 1. The number of esters is 1. The van der Waals surface area contributed by atoms with Gasteiger partial charge in [0.25, 0.3) is 5.91 Å². The minimum Gasteiger partial charge on any atom is -0.460 e. The van der Waals surface area contributed by atoms with Gasteiger partial charge in [-0.05, 0) is 45.1 Å². The van der Waals surface area contributed by atoms with Gasteiger partial charge in [0.2, 0.25) is 5.91 Å². The van der Waals surface area contributed by atoms with Gasteiger partial charge in [-0.1, -0.05) is 56.3 Å². The zero-order chi connectivity index (χ0) is 22.7. The van der Waals surface area contributed by atoms with Gasteiger partial charge in [-0.2, -0.15) is 0 Å². The predicted molar refractivity (Wildman–Crippen MR) is 118 cm³/mol. The van der Waals surface area contributed by atoms with E-state index < -0.39 is 35.2 Å². The summed E-state index contributed by atoms with van der Waals surface area (Å²) in [5.41, 5.74) is 10.3. The summed E-state index contributed by atoms with van der Waals surface area (Å²) in [6.45, 7) is 9.09. The van der Waals surface area contributed by atoms with Crippen LogP contribution in [-0.4, -0.2) is 29.9 Å². The van der Waals surface area contributed by atoms with E-state index in [2.05, 4.69) is 10.9 Å². The minimum atomic E-state index is -0.693. The summed E-state index contributed by atoms with van der Waals surface area (Å²) in [6, 6.07) is 9.71. The van der Waals surface area contributed by atoms with Gasteiger partial charge in [0.15, 0.2) is 0 Å². The molecule has 0 saturated carbocycles. The van der Waals surface area contributed by atoms with Crippen molar-refractivity contribution in [2.45, 2.75) is 53.1 Å². The molecule has 0 heterocycles. The Morgan fingerprint density at radius 1 is 1.07 bits per heavy atom. The molecule has 0 aromatic heterocycles. The molecule has 0 aliphatic carbocycles. The van der Waals surface area contributed by atoms with Crippen LogP contribution in [0.3, 0.4) is 0 Å². The van der Waals surface area contributed by atoms with Crippen molar-refractivity contribution in [2.75, 3.05) is 6.54 Å². The molecule has 0 unspecified atom stereocenters. The number of amides is 2. The quantitative estimate of drug-likeness (QED) is 0.423. The second-order valence-electron chi connectivity index (χ2n) is 8.67. The minimum absolute atomic E-state index is 0.161. The first-order chi connectivity index (χ1) is 14.0. The molecule has 0 radical (unpaired) electrons. The van der Waals surface area contributed by atoms with Crippen molar-refractivity contribution in [1.82, 2.24) is 10.9 Å². The van der Waals surface area contributed by atoms with Crippen molar-refractivity contribution < 1.29 is 19.1 Å². The molecular formula is C23H35N3O4. The molecule has 7 heteroatoms. The Bertz CT molecular complexity index is 724. The lowest BCUT2D eigenvalue weighted by Crippen LogP contribution is -2.49. The van der Waals surface area contributed by atoms with Gasteiger partial charge in [0.1, 0.15) is 5.60 Å². The molecule has 7 nitrogen and oxygen atoms in total. The van der Waals surface area contributed by atoms with E-state index in [0.29, 0.717) is 12.8 Å². The summed E-state index contributed by atoms with van der Waals surface area (Å²) in [5, 5.41) is 0. The third-order valence-electron chi connectivity index (χ3n) is 4.27. The summed E-state index contributed by atoms with van der Waals surface area (Å²) < 4.78 is 5.60. The van der Waals surface area contributed by atoms with Crippen LogP contribution in [0, 0.1) is 17.8 Å². The fourth-order valence-corrected chi connectivity index (χ4v) is 2.95. The first kappa shape index (κ1) is 25.4. The van der Waals surface area contributed by atoms with E-state index in [9.17, 15) is 14.4 Å². The van der Waals surface area contributed by atoms with Crippen LogP contribution in [0.25, 0.3) is 6.08 Å². The molecule has 0 fully saturated rings. The van der Waals surface area contributed by atoms with E-state index in [0.717, 1.165) is 5.56 Å². The maximum absolute atomic E-state index is 13.0.